The van der Waals surface area contributed by atoms with Crippen molar-refractivity contribution in [1.29, 1.82) is 0 Å². The van der Waals surface area contributed by atoms with Crippen molar-refractivity contribution in [3.05, 3.63) is 0 Å². The average Bonchev–Trinajstić information content (AvgIpc) is 2.47. The van der Waals surface area contributed by atoms with Gasteiger partial charge in [-0.2, -0.15) is 17.0 Å². The fourth-order valence-electron chi connectivity index (χ4n) is 3.24. The first-order chi connectivity index (χ1) is 9.37. The van der Waals surface area contributed by atoms with Crippen LogP contribution in [-0.4, -0.2) is 49.2 Å². The second-order valence-electron chi connectivity index (χ2n) is 5.84. The van der Waals surface area contributed by atoms with Crippen molar-refractivity contribution in [3.8, 4) is 0 Å². The Bertz CT molecular complexity index is 385. The Morgan fingerprint density at radius 1 is 1.15 bits per heavy atom. The van der Waals surface area contributed by atoms with Crippen LogP contribution in [0.1, 0.15) is 52.9 Å². The maximum Gasteiger partial charge on any atom is 0.282 e. The lowest BCUT2D eigenvalue weighted by Gasteiger charge is -2.46. The van der Waals surface area contributed by atoms with Crippen LogP contribution in [0.3, 0.4) is 0 Å². The molecule has 0 unspecified atom stereocenters. The van der Waals surface area contributed by atoms with Gasteiger partial charge in [0.15, 0.2) is 0 Å². The van der Waals surface area contributed by atoms with Gasteiger partial charge in [0.2, 0.25) is 0 Å². The molecule has 0 radical (unpaired) electrons. The van der Waals surface area contributed by atoms with Gasteiger partial charge in [0, 0.05) is 32.2 Å². The van der Waals surface area contributed by atoms with Crippen molar-refractivity contribution in [1.82, 2.24) is 8.61 Å². The summed E-state index contributed by atoms with van der Waals surface area (Å²) in [6, 6.07) is 0. The van der Waals surface area contributed by atoms with E-state index in [1.54, 1.807) is 11.4 Å². The summed E-state index contributed by atoms with van der Waals surface area (Å²) in [5, 5.41) is 0. The summed E-state index contributed by atoms with van der Waals surface area (Å²) in [4.78, 5) is 0. The third-order valence-electron chi connectivity index (χ3n) is 5.04. The van der Waals surface area contributed by atoms with Crippen LogP contribution in [0.25, 0.3) is 0 Å². The van der Waals surface area contributed by atoms with E-state index in [0.717, 1.165) is 31.6 Å². The molecule has 6 heteroatoms. The van der Waals surface area contributed by atoms with Crippen LogP contribution in [0, 0.1) is 5.92 Å². The van der Waals surface area contributed by atoms with Gasteiger partial charge in [-0.05, 0) is 31.6 Å². The van der Waals surface area contributed by atoms with E-state index in [-0.39, 0.29) is 0 Å². The molecule has 0 bridgehead atoms. The summed E-state index contributed by atoms with van der Waals surface area (Å²) in [7, 11) is -1.71. The molecular weight excluding hydrogens is 274 g/mol. The second-order valence-corrected chi connectivity index (χ2v) is 7.80. The lowest BCUT2D eigenvalue weighted by molar-refractivity contribution is 0.122. The fourth-order valence-corrected chi connectivity index (χ4v) is 4.98. The maximum atomic E-state index is 12.7. The van der Waals surface area contributed by atoms with E-state index in [1.165, 1.54) is 10.7 Å². The van der Waals surface area contributed by atoms with Crippen molar-refractivity contribution in [2.45, 2.75) is 58.4 Å². The van der Waals surface area contributed by atoms with Crippen molar-refractivity contribution in [2.24, 2.45) is 11.7 Å². The molecule has 0 aliphatic heterocycles. The van der Waals surface area contributed by atoms with Crippen LogP contribution < -0.4 is 5.73 Å². The fraction of sp³-hybridized carbons (Fsp3) is 1.00. The Kier molecular flexibility index (Phi) is 6.44. The van der Waals surface area contributed by atoms with Crippen LogP contribution in [0.4, 0.5) is 0 Å². The number of rotatable bonds is 7. The average molecular weight is 305 g/mol. The summed E-state index contributed by atoms with van der Waals surface area (Å²) in [6.45, 7) is 7.36. The number of nitrogens with zero attached hydrogens (tertiary/aromatic N) is 2. The second kappa shape index (κ2) is 7.20. The standard InChI is InChI=1S/C14H31N3O2S/c1-5-13-8-10-14(12-15,11-9-13)16(4)20(18,19)17(6-2)7-3/h13H,5-12,15H2,1-4H3. The van der Waals surface area contributed by atoms with Gasteiger partial charge in [-0.15, -0.1) is 0 Å². The normalized spacial score (nSPS) is 28.2. The molecule has 20 heavy (non-hydrogen) atoms. The Morgan fingerprint density at radius 3 is 2.00 bits per heavy atom. The third kappa shape index (κ3) is 3.35. The summed E-state index contributed by atoms with van der Waals surface area (Å²) in [5.41, 5.74) is 5.59. The van der Waals surface area contributed by atoms with Gasteiger partial charge >= 0.3 is 0 Å². The lowest BCUT2D eigenvalue weighted by Crippen LogP contribution is -2.59. The number of likely N-dealkylation sites (N-methyl/N-ethyl adjacent to an activating group) is 1. The molecule has 0 saturated heterocycles. The molecule has 5 nitrogen and oxygen atoms in total. The Labute approximate surface area is 124 Å². The highest BCUT2D eigenvalue weighted by atomic mass is 32.2. The smallest absolute Gasteiger partial charge is 0.282 e. The highest BCUT2D eigenvalue weighted by Gasteiger charge is 2.43. The van der Waals surface area contributed by atoms with E-state index in [9.17, 15) is 8.42 Å². The molecule has 0 aromatic carbocycles. The predicted molar refractivity (Wildman–Crippen MR) is 83.6 cm³/mol. The molecular formula is C14H31N3O2S. The Hall–Kier alpha value is -0.170. The first-order valence-electron chi connectivity index (χ1n) is 7.82. The van der Waals surface area contributed by atoms with E-state index in [1.807, 2.05) is 13.8 Å². The Morgan fingerprint density at radius 2 is 1.65 bits per heavy atom. The van der Waals surface area contributed by atoms with Crippen molar-refractivity contribution < 1.29 is 8.42 Å². The third-order valence-corrected chi connectivity index (χ3v) is 7.29. The molecule has 0 aromatic rings. The van der Waals surface area contributed by atoms with Gasteiger partial charge in [0.05, 0.1) is 0 Å². The van der Waals surface area contributed by atoms with Crippen LogP contribution in [-0.2, 0) is 10.2 Å². The zero-order chi connectivity index (χ0) is 15.4. The van der Waals surface area contributed by atoms with Gasteiger partial charge in [-0.3, -0.25) is 0 Å². The monoisotopic (exact) mass is 305 g/mol. The van der Waals surface area contributed by atoms with Gasteiger partial charge < -0.3 is 5.73 Å². The van der Waals surface area contributed by atoms with Gasteiger partial charge in [-0.1, -0.05) is 27.2 Å². The van der Waals surface area contributed by atoms with E-state index < -0.39 is 15.7 Å². The molecule has 1 aliphatic carbocycles. The predicted octanol–water partition coefficient (Wildman–Crippen LogP) is 1.80. The molecule has 0 heterocycles. The number of nitrogens with two attached hydrogens (primary N) is 1. The molecule has 1 saturated carbocycles. The van der Waals surface area contributed by atoms with Crippen LogP contribution in [0.2, 0.25) is 0 Å². The lowest BCUT2D eigenvalue weighted by atomic mass is 9.75. The molecule has 120 valence electrons. The van der Waals surface area contributed by atoms with Crippen molar-refractivity contribution in [2.75, 3.05) is 26.7 Å². The minimum atomic E-state index is -3.41. The first kappa shape index (κ1) is 17.9. The zero-order valence-corrected chi connectivity index (χ0v) is 14.2. The topological polar surface area (TPSA) is 66.6 Å². The molecule has 0 spiro atoms. The van der Waals surface area contributed by atoms with Crippen molar-refractivity contribution >= 4 is 10.2 Å². The highest BCUT2D eigenvalue weighted by Crippen LogP contribution is 2.38. The Balaban J connectivity index is 2.95. The minimum Gasteiger partial charge on any atom is -0.329 e. The van der Waals surface area contributed by atoms with E-state index in [2.05, 4.69) is 6.92 Å². The van der Waals surface area contributed by atoms with Crippen LogP contribution >= 0.6 is 0 Å². The maximum absolute atomic E-state index is 12.7. The summed E-state index contributed by atoms with van der Waals surface area (Å²) < 4.78 is 28.5. The molecule has 1 fully saturated rings. The summed E-state index contributed by atoms with van der Waals surface area (Å²) in [6.07, 6.45) is 5.07. The molecule has 2 N–H and O–H groups in total. The quantitative estimate of drug-likeness (QED) is 0.780. The molecule has 0 aromatic heterocycles. The molecule has 1 aliphatic rings. The molecule has 0 amide bonds. The molecule has 0 atom stereocenters. The SMILES string of the molecule is CCC1CCC(CN)(N(C)S(=O)(=O)N(CC)CC)CC1. The highest BCUT2D eigenvalue weighted by molar-refractivity contribution is 7.86. The largest absolute Gasteiger partial charge is 0.329 e. The summed E-state index contributed by atoms with van der Waals surface area (Å²) in [5.74, 6) is 0.722. The van der Waals surface area contributed by atoms with Gasteiger partial charge in [0.25, 0.3) is 10.2 Å². The number of hydrogen-bond acceptors (Lipinski definition) is 3. The van der Waals surface area contributed by atoms with Crippen LogP contribution in [0.5, 0.6) is 0 Å². The first-order valence-corrected chi connectivity index (χ1v) is 9.21. The van der Waals surface area contributed by atoms with Crippen molar-refractivity contribution in [3.63, 3.8) is 0 Å². The van der Waals surface area contributed by atoms with E-state index in [0.29, 0.717) is 19.6 Å². The minimum absolute atomic E-state index is 0.396. The van der Waals surface area contributed by atoms with Gasteiger partial charge in [0.1, 0.15) is 0 Å². The summed E-state index contributed by atoms with van der Waals surface area (Å²) >= 11 is 0. The van der Waals surface area contributed by atoms with E-state index in [4.69, 9.17) is 5.73 Å². The zero-order valence-electron chi connectivity index (χ0n) is 13.4. The van der Waals surface area contributed by atoms with E-state index >= 15 is 0 Å². The van der Waals surface area contributed by atoms with Gasteiger partial charge in [-0.25, -0.2) is 0 Å². The number of hydrogen-bond donors (Lipinski definition) is 1. The molecule has 1 rings (SSSR count). The van der Waals surface area contributed by atoms with Crippen LogP contribution in [0.15, 0.2) is 0 Å².